The summed E-state index contributed by atoms with van der Waals surface area (Å²) in [6.07, 6.45) is 0. The van der Waals surface area contributed by atoms with E-state index in [1.165, 1.54) is 0 Å². The van der Waals surface area contributed by atoms with E-state index in [2.05, 4.69) is 4.98 Å². The second-order valence-electron chi connectivity index (χ2n) is 4.56. The molecule has 1 aromatic carbocycles. The molecule has 0 atom stereocenters. The Morgan fingerprint density at radius 2 is 2.05 bits per heavy atom. The number of likely N-dealkylation sites (N-methyl/N-ethyl adjacent to an activating group) is 1. The molecule has 2 rings (SSSR count). The highest BCUT2D eigenvalue weighted by Crippen LogP contribution is 2.20. The van der Waals surface area contributed by atoms with E-state index in [0.717, 1.165) is 16.6 Å². The fourth-order valence-electron chi connectivity index (χ4n) is 2.28. The topological polar surface area (TPSA) is 64.2 Å². The number of benzene rings is 1. The van der Waals surface area contributed by atoms with E-state index in [1.807, 2.05) is 39.0 Å². The van der Waals surface area contributed by atoms with Crippen LogP contribution in [0.2, 0.25) is 0 Å². The van der Waals surface area contributed by atoms with Crippen molar-refractivity contribution < 1.29 is 4.79 Å². The molecule has 0 radical (unpaired) electrons. The number of anilines is 1. The number of aryl methyl sites for hydroxylation is 1. The lowest BCUT2D eigenvalue weighted by Gasteiger charge is -2.19. The Balaban J connectivity index is 2.38. The summed E-state index contributed by atoms with van der Waals surface area (Å²) in [5, 5.41) is 0. The number of aromatic nitrogens is 2. The summed E-state index contributed by atoms with van der Waals surface area (Å²) in [5.74, 6) is 0.460. The maximum absolute atomic E-state index is 12.2. The van der Waals surface area contributed by atoms with Crippen LogP contribution >= 0.6 is 0 Å². The summed E-state index contributed by atoms with van der Waals surface area (Å²) in [4.78, 5) is 18.3. The zero-order valence-electron chi connectivity index (χ0n) is 11.7. The second-order valence-corrected chi connectivity index (χ2v) is 4.56. The predicted octanol–water partition coefficient (Wildman–Crippen LogP) is 1.80. The number of hydrogen-bond donors (Lipinski definition) is 1. The first kappa shape index (κ1) is 13.4. The van der Waals surface area contributed by atoms with Crippen LogP contribution in [0.1, 0.15) is 19.4 Å². The van der Waals surface area contributed by atoms with E-state index in [4.69, 9.17) is 5.73 Å². The van der Waals surface area contributed by atoms with Gasteiger partial charge in [0.15, 0.2) is 0 Å². The number of amides is 1. The molecule has 0 unspecified atom stereocenters. The SMILES string of the molecule is CCN(CC)C(=O)Cn1c(N)nc2c(C)cccc21. The van der Waals surface area contributed by atoms with Gasteiger partial charge in [-0.1, -0.05) is 12.1 Å². The molecule has 1 heterocycles. The number of nitrogen functional groups attached to an aromatic ring is 1. The zero-order chi connectivity index (χ0) is 14.0. The van der Waals surface area contributed by atoms with Crippen LogP contribution in [-0.4, -0.2) is 33.4 Å². The van der Waals surface area contributed by atoms with Gasteiger partial charge in [0.2, 0.25) is 11.9 Å². The van der Waals surface area contributed by atoms with Crippen molar-refractivity contribution in [1.82, 2.24) is 14.5 Å². The van der Waals surface area contributed by atoms with Crippen molar-refractivity contribution in [3.8, 4) is 0 Å². The zero-order valence-corrected chi connectivity index (χ0v) is 11.7. The molecule has 1 aromatic heterocycles. The normalized spacial score (nSPS) is 10.9. The number of carbonyl (C=O) groups is 1. The van der Waals surface area contributed by atoms with Gasteiger partial charge in [0.1, 0.15) is 6.54 Å². The molecule has 0 fully saturated rings. The van der Waals surface area contributed by atoms with Gasteiger partial charge < -0.3 is 15.2 Å². The number of para-hydroxylation sites is 1. The number of carbonyl (C=O) groups excluding carboxylic acids is 1. The van der Waals surface area contributed by atoms with Crippen molar-refractivity contribution in [2.24, 2.45) is 0 Å². The van der Waals surface area contributed by atoms with Crippen molar-refractivity contribution >= 4 is 22.9 Å². The average Bonchev–Trinajstić information content (AvgIpc) is 2.70. The highest BCUT2D eigenvalue weighted by Gasteiger charge is 2.15. The Morgan fingerprint density at radius 3 is 2.68 bits per heavy atom. The van der Waals surface area contributed by atoms with Gasteiger partial charge in [-0.25, -0.2) is 4.98 Å². The number of nitrogens with zero attached hydrogens (tertiary/aromatic N) is 3. The molecule has 1 amide bonds. The lowest BCUT2D eigenvalue weighted by molar-refractivity contribution is -0.131. The van der Waals surface area contributed by atoms with Crippen molar-refractivity contribution in [2.45, 2.75) is 27.3 Å². The summed E-state index contributed by atoms with van der Waals surface area (Å²) in [6, 6.07) is 5.89. The summed E-state index contributed by atoms with van der Waals surface area (Å²) in [5.41, 5.74) is 8.79. The van der Waals surface area contributed by atoms with Crippen LogP contribution in [0.5, 0.6) is 0 Å². The van der Waals surface area contributed by atoms with E-state index in [-0.39, 0.29) is 12.5 Å². The Bertz CT molecular complexity index is 599. The minimum atomic E-state index is 0.0671. The van der Waals surface area contributed by atoms with Crippen LogP contribution < -0.4 is 5.73 Å². The van der Waals surface area contributed by atoms with Gasteiger partial charge in [-0.2, -0.15) is 0 Å². The minimum Gasteiger partial charge on any atom is -0.369 e. The maximum atomic E-state index is 12.2. The molecule has 5 nitrogen and oxygen atoms in total. The van der Waals surface area contributed by atoms with Crippen LogP contribution in [0, 0.1) is 6.92 Å². The first-order valence-electron chi connectivity index (χ1n) is 6.57. The Kier molecular flexibility index (Phi) is 3.74. The maximum Gasteiger partial charge on any atom is 0.242 e. The number of hydrogen-bond acceptors (Lipinski definition) is 3. The summed E-state index contributed by atoms with van der Waals surface area (Å²) in [7, 11) is 0. The largest absolute Gasteiger partial charge is 0.369 e. The third kappa shape index (κ3) is 2.41. The van der Waals surface area contributed by atoms with Gasteiger partial charge in [-0.15, -0.1) is 0 Å². The Hall–Kier alpha value is -2.04. The fourth-order valence-corrected chi connectivity index (χ4v) is 2.28. The van der Waals surface area contributed by atoms with E-state index in [1.54, 1.807) is 9.47 Å². The van der Waals surface area contributed by atoms with Gasteiger partial charge in [-0.3, -0.25) is 4.79 Å². The molecule has 0 bridgehead atoms. The number of nitrogens with two attached hydrogens (primary N) is 1. The second kappa shape index (κ2) is 5.30. The lowest BCUT2D eigenvalue weighted by atomic mass is 10.2. The van der Waals surface area contributed by atoms with Gasteiger partial charge in [0, 0.05) is 13.1 Å². The quantitative estimate of drug-likeness (QED) is 0.911. The van der Waals surface area contributed by atoms with E-state index in [9.17, 15) is 4.79 Å². The number of rotatable bonds is 4. The first-order valence-corrected chi connectivity index (χ1v) is 6.57. The van der Waals surface area contributed by atoms with Gasteiger partial charge in [-0.05, 0) is 32.4 Å². The van der Waals surface area contributed by atoms with Crippen LogP contribution in [0.3, 0.4) is 0 Å². The van der Waals surface area contributed by atoms with Crippen molar-refractivity contribution in [3.05, 3.63) is 23.8 Å². The Morgan fingerprint density at radius 1 is 1.37 bits per heavy atom. The average molecular weight is 260 g/mol. The standard InChI is InChI=1S/C14H20N4O/c1-4-17(5-2)12(19)9-18-11-8-6-7-10(3)13(11)16-14(18)15/h6-8H,4-5,9H2,1-3H3,(H2,15,16). The predicted molar refractivity (Wildman–Crippen MR) is 76.8 cm³/mol. The molecule has 0 aliphatic rings. The number of imidazole rings is 1. The summed E-state index contributed by atoms with van der Waals surface area (Å²) < 4.78 is 1.78. The van der Waals surface area contributed by atoms with Gasteiger partial charge in [0.25, 0.3) is 0 Å². The van der Waals surface area contributed by atoms with Crippen molar-refractivity contribution in [3.63, 3.8) is 0 Å². The van der Waals surface area contributed by atoms with E-state index >= 15 is 0 Å². The molecule has 19 heavy (non-hydrogen) atoms. The van der Waals surface area contributed by atoms with Crippen LogP contribution in [0.4, 0.5) is 5.95 Å². The van der Waals surface area contributed by atoms with Crippen LogP contribution in [0.25, 0.3) is 11.0 Å². The van der Waals surface area contributed by atoms with Gasteiger partial charge in [0.05, 0.1) is 11.0 Å². The Labute approximate surface area is 113 Å². The monoisotopic (exact) mass is 260 g/mol. The van der Waals surface area contributed by atoms with Crippen LogP contribution in [-0.2, 0) is 11.3 Å². The molecule has 0 aliphatic carbocycles. The highest BCUT2D eigenvalue weighted by molar-refractivity contribution is 5.84. The number of fused-ring (bicyclic) bond motifs is 1. The lowest BCUT2D eigenvalue weighted by Crippen LogP contribution is -2.33. The molecule has 102 valence electrons. The molecule has 0 aliphatic heterocycles. The molecule has 0 saturated heterocycles. The minimum absolute atomic E-state index is 0.0671. The molecular formula is C14H20N4O. The molecule has 5 heteroatoms. The summed E-state index contributed by atoms with van der Waals surface area (Å²) in [6.45, 7) is 7.60. The third-order valence-corrected chi connectivity index (χ3v) is 3.42. The van der Waals surface area contributed by atoms with Crippen molar-refractivity contribution in [2.75, 3.05) is 18.8 Å². The highest BCUT2D eigenvalue weighted by atomic mass is 16.2. The third-order valence-electron chi connectivity index (χ3n) is 3.42. The van der Waals surface area contributed by atoms with E-state index in [0.29, 0.717) is 19.0 Å². The van der Waals surface area contributed by atoms with Gasteiger partial charge >= 0.3 is 0 Å². The molecule has 0 saturated carbocycles. The molecule has 2 aromatic rings. The smallest absolute Gasteiger partial charge is 0.242 e. The van der Waals surface area contributed by atoms with Crippen molar-refractivity contribution in [1.29, 1.82) is 0 Å². The molecule has 2 N–H and O–H groups in total. The first-order chi connectivity index (χ1) is 9.08. The molecule has 0 spiro atoms. The summed E-state index contributed by atoms with van der Waals surface area (Å²) >= 11 is 0. The fraction of sp³-hybridized carbons (Fsp3) is 0.429. The van der Waals surface area contributed by atoms with Crippen LogP contribution in [0.15, 0.2) is 18.2 Å². The molecular weight excluding hydrogens is 240 g/mol. The van der Waals surface area contributed by atoms with E-state index < -0.39 is 0 Å².